The molecule has 0 spiro atoms. The van der Waals surface area contributed by atoms with Gasteiger partial charge in [0.05, 0.1) is 7.11 Å². The lowest BCUT2D eigenvalue weighted by Gasteiger charge is -2.24. The molecule has 0 fully saturated rings. The van der Waals surface area contributed by atoms with E-state index in [0.717, 1.165) is 12.8 Å². The van der Waals surface area contributed by atoms with Crippen molar-refractivity contribution in [1.29, 1.82) is 0 Å². The fraction of sp³-hybridized carbons (Fsp3) is 0.667. The zero-order valence-corrected chi connectivity index (χ0v) is 11.5. The van der Waals surface area contributed by atoms with E-state index in [-0.39, 0.29) is 18.3 Å². The minimum absolute atomic E-state index is 0.0769. The zero-order chi connectivity index (χ0) is 14.3. The summed E-state index contributed by atoms with van der Waals surface area (Å²) in [5, 5.41) is 6.16. The molecule has 0 saturated heterocycles. The lowest BCUT2D eigenvalue weighted by molar-refractivity contribution is -0.141. The predicted molar refractivity (Wildman–Crippen MR) is 68.4 cm³/mol. The third-order valence-electron chi connectivity index (χ3n) is 3.09. The highest BCUT2D eigenvalue weighted by atomic mass is 16.5. The van der Waals surface area contributed by atoms with Crippen LogP contribution in [-0.2, 0) is 9.53 Å². The minimum atomic E-state index is -0.446. The molecule has 19 heavy (non-hydrogen) atoms. The smallest absolute Gasteiger partial charge is 0.325 e. The lowest BCUT2D eigenvalue weighted by Crippen LogP contribution is -2.40. The molecule has 0 aliphatic carbocycles. The molecule has 7 heteroatoms. The minimum Gasteiger partial charge on any atom is -0.468 e. The fourth-order valence-corrected chi connectivity index (χ4v) is 1.76. The van der Waals surface area contributed by atoms with Crippen LogP contribution in [0.4, 0.5) is 0 Å². The molecule has 0 aliphatic heterocycles. The van der Waals surface area contributed by atoms with Gasteiger partial charge in [0, 0.05) is 6.54 Å². The number of esters is 1. The van der Waals surface area contributed by atoms with Gasteiger partial charge in [0.15, 0.2) is 0 Å². The Morgan fingerprint density at radius 3 is 2.58 bits per heavy atom. The maximum absolute atomic E-state index is 12.2. The van der Waals surface area contributed by atoms with Crippen LogP contribution in [0, 0.1) is 5.92 Å². The largest absolute Gasteiger partial charge is 0.468 e. The molecule has 1 rings (SSSR count). The van der Waals surface area contributed by atoms with Crippen LogP contribution in [0.3, 0.4) is 0 Å². The maximum Gasteiger partial charge on any atom is 0.325 e. The van der Waals surface area contributed by atoms with Gasteiger partial charge in [0.1, 0.15) is 12.9 Å². The molecular formula is C12H20N4O3. The number of aromatic amines is 1. The molecule has 0 atom stereocenters. The second kappa shape index (κ2) is 7.50. The molecule has 0 aromatic carbocycles. The van der Waals surface area contributed by atoms with Crippen molar-refractivity contribution in [3.8, 4) is 0 Å². The number of H-pyrrole nitrogens is 1. The highest BCUT2D eigenvalue weighted by molar-refractivity contribution is 5.92. The average molecular weight is 268 g/mol. The molecule has 1 N–H and O–H groups in total. The van der Waals surface area contributed by atoms with E-state index in [9.17, 15) is 9.59 Å². The summed E-state index contributed by atoms with van der Waals surface area (Å²) >= 11 is 0. The molecule has 7 nitrogen and oxygen atoms in total. The standard InChI is InChI=1S/C12H20N4O3/c1-4-9(5-2)6-16(7-10(17)19-3)12(18)11-13-8-14-15-11/h8-9H,4-7H2,1-3H3,(H,13,14,15). The first-order valence-corrected chi connectivity index (χ1v) is 6.33. The van der Waals surface area contributed by atoms with Gasteiger partial charge in [0.2, 0.25) is 5.82 Å². The molecule has 0 unspecified atom stereocenters. The van der Waals surface area contributed by atoms with Crippen LogP contribution < -0.4 is 0 Å². The molecule has 1 aromatic heterocycles. The summed E-state index contributed by atoms with van der Waals surface area (Å²) in [4.78, 5) is 28.9. The van der Waals surface area contributed by atoms with E-state index >= 15 is 0 Å². The first kappa shape index (κ1) is 15.1. The van der Waals surface area contributed by atoms with E-state index < -0.39 is 5.97 Å². The Hall–Kier alpha value is -1.92. The van der Waals surface area contributed by atoms with Gasteiger partial charge in [-0.1, -0.05) is 26.7 Å². The number of nitrogens with one attached hydrogen (secondary N) is 1. The van der Waals surface area contributed by atoms with Crippen LogP contribution in [-0.4, -0.2) is 52.2 Å². The van der Waals surface area contributed by atoms with Crippen molar-refractivity contribution in [3.63, 3.8) is 0 Å². The number of hydrogen-bond acceptors (Lipinski definition) is 5. The van der Waals surface area contributed by atoms with Crippen molar-refractivity contribution in [3.05, 3.63) is 12.2 Å². The molecule has 0 bridgehead atoms. The normalized spacial score (nSPS) is 10.5. The number of rotatable bonds is 7. The molecule has 0 aliphatic rings. The maximum atomic E-state index is 12.2. The van der Waals surface area contributed by atoms with Gasteiger partial charge in [-0.2, -0.15) is 5.10 Å². The second-order valence-electron chi connectivity index (χ2n) is 4.28. The number of ether oxygens (including phenoxy) is 1. The van der Waals surface area contributed by atoms with Gasteiger partial charge in [-0.05, 0) is 5.92 Å². The highest BCUT2D eigenvalue weighted by Crippen LogP contribution is 2.11. The van der Waals surface area contributed by atoms with Crippen molar-refractivity contribution in [2.24, 2.45) is 5.92 Å². The summed E-state index contributed by atoms with van der Waals surface area (Å²) in [7, 11) is 1.30. The summed E-state index contributed by atoms with van der Waals surface area (Å²) in [6.45, 7) is 4.54. The average Bonchev–Trinajstić information content (AvgIpc) is 2.96. The third-order valence-corrected chi connectivity index (χ3v) is 3.09. The molecule has 1 heterocycles. The number of nitrogens with zero attached hydrogens (tertiary/aromatic N) is 3. The SMILES string of the molecule is CCC(CC)CN(CC(=O)OC)C(=O)c1ncn[nH]1. The van der Waals surface area contributed by atoms with Crippen molar-refractivity contribution in [2.75, 3.05) is 20.2 Å². The van der Waals surface area contributed by atoms with Crippen molar-refractivity contribution >= 4 is 11.9 Å². The Morgan fingerprint density at radius 1 is 1.42 bits per heavy atom. The highest BCUT2D eigenvalue weighted by Gasteiger charge is 2.23. The van der Waals surface area contributed by atoms with Crippen molar-refractivity contribution in [1.82, 2.24) is 20.1 Å². The van der Waals surface area contributed by atoms with Crippen LogP contribution in [0.15, 0.2) is 6.33 Å². The van der Waals surface area contributed by atoms with Gasteiger partial charge in [-0.15, -0.1) is 0 Å². The number of methoxy groups -OCH3 is 1. The third kappa shape index (κ3) is 4.35. The van der Waals surface area contributed by atoms with Gasteiger partial charge >= 0.3 is 5.97 Å². The Labute approximate surface area is 112 Å². The monoisotopic (exact) mass is 268 g/mol. The number of hydrogen-bond donors (Lipinski definition) is 1. The van der Waals surface area contributed by atoms with Gasteiger partial charge in [0.25, 0.3) is 5.91 Å². The topological polar surface area (TPSA) is 88.2 Å². The van der Waals surface area contributed by atoms with E-state index in [4.69, 9.17) is 0 Å². The predicted octanol–water partition coefficient (Wildman–Crippen LogP) is 0.856. The van der Waals surface area contributed by atoms with E-state index in [2.05, 4.69) is 33.8 Å². The molecule has 0 radical (unpaired) electrons. The van der Waals surface area contributed by atoms with Gasteiger partial charge < -0.3 is 9.64 Å². The number of aromatic nitrogens is 3. The summed E-state index contributed by atoms with van der Waals surface area (Å²) in [6, 6.07) is 0. The molecule has 1 amide bonds. The first-order valence-electron chi connectivity index (χ1n) is 6.33. The van der Waals surface area contributed by atoms with Crippen LogP contribution in [0.1, 0.15) is 37.3 Å². The second-order valence-corrected chi connectivity index (χ2v) is 4.28. The number of carbonyl (C=O) groups excluding carboxylic acids is 2. The van der Waals surface area contributed by atoms with E-state index in [1.54, 1.807) is 0 Å². The summed E-state index contributed by atoms with van der Waals surface area (Å²) < 4.78 is 4.62. The molecule has 106 valence electrons. The Kier molecular flexibility index (Phi) is 5.98. The van der Waals surface area contributed by atoms with Crippen LogP contribution >= 0.6 is 0 Å². The molecule has 0 saturated carbocycles. The van der Waals surface area contributed by atoms with E-state index in [1.165, 1.54) is 18.3 Å². The molecule has 1 aromatic rings. The summed E-state index contributed by atoms with van der Waals surface area (Å²) in [5.41, 5.74) is 0. The summed E-state index contributed by atoms with van der Waals surface area (Å²) in [6.07, 6.45) is 3.15. The van der Waals surface area contributed by atoms with Crippen molar-refractivity contribution in [2.45, 2.75) is 26.7 Å². The number of carbonyl (C=O) groups is 2. The van der Waals surface area contributed by atoms with Crippen LogP contribution in [0.25, 0.3) is 0 Å². The van der Waals surface area contributed by atoms with Crippen molar-refractivity contribution < 1.29 is 14.3 Å². The zero-order valence-electron chi connectivity index (χ0n) is 11.5. The van der Waals surface area contributed by atoms with E-state index in [0.29, 0.717) is 12.5 Å². The molecular weight excluding hydrogens is 248 g/mol. The van der Waals surface area contributed by atoms with Gasteiger partial charge in [-0.3, -0.25) is 14.7 Å². The van der Waals surface area contributed by atoms with E-state index in [1.807, 2.05) is 0 Å². The Morgan fingerprint density at radius 2 is 2.11 bits per heavy atom. The summed E-state index contributed by atoms with van der Waals surface area (Å²) in [5.74, 6) is -0.306. The Bertz CT molecular complexity index is 401. The Balaban J connectivity index is 2.79. The number of amides is 1. The van der Waals surface area contributed by atoms with Gasteiger partial charge in [-0.25, -0.2) is 4.98 Å². The fourth-order valence-electron chi connectivity index (χ4n) is 1.76. The quantitative estimate of drug-likeness (QED) is 0.741. The van der Waals surface area contributed by atoms with Crippen LogP contribution in [0.2, 0.25) is 0 Å². The first-order chi connectivity index (χ1) is 9.12. The lowest BCUT2D eigenvalue weighted by atomic mass is 10.0. The van der Waals surface area contributed by atoms with Crippen LogP contribution in [0.5, 0.6) is 0 Å².